The molecule has 3 aromatic rings. The number of aromatic nitrogens is 3. The smallest absolute Gasteiger partial charge is 0.272 e. The minimum Gasteiger partial charge on any atom is -0.301 e. The Hall–Kier alpha value is -1.91. The van der Waals surface area contributed by atoms with Crippen molar-refractivity contribution in [1.82, 2.24) is 14.5 Å². The van der Waals surface area contributed by atoms with E-state index < -0.39 is 0 Å². The van der Waals surface area contributed by atoms with E-state index in [9.17, 15) is 4.79 Å². The summed E-state index contributed by atoms with van der Waals surface area (Å²) in [7, 11) is 0. The van der Waals surface area contributed by atoms with E-state index in [4.69, 9.17) is 23.2 Å². The quantitative estimate of drug-likeness (QED) is 0.680. The monoisotopic (exact) mass is 319 g/mol. The lowest BCUT2D eigenvalue weighted by molar-refractivity contribution is 0.773. The Morgan fingerprint density at radius 3 is 2.62 bits per heavy atom. The largest absolute Gasteiger partial charge is 0.301 e. The third kappa shape index (κ3) is 2.64. The van der Waals surface area contributed by atoms with Gasteiger partial charge in [-0.1, -0.05) is 41.4 Å². The zero-order valence-corrected chi connectivity index (χ0v) is 12.7. The summed E-state index contributed by atoms with van der Waals surface area (Å²) >= 11 is 11.9. The van der Waals surface area contributed by atoms with Crippen LogP contribution in [0.15, 0.2) is 41.2 Å². The van der Waals surface area contributed by atoms with Crippen LogP contribution in [0.3, 0.4) is 0 Å². The second kappa shape index (κ2) is 5.47. The third-order valence-electron chi connectivity index (χ3n) is 3.24. The zero-order chi connectivity index (χ0) is 15.0. The third-order valence-corrected chi connectivity index (χ3v) is 3.77. The van der Waals surface area contributed by atoms with Crippen molar-refractivity contribution in [2.24, 2.45) is 0 Å². The first kappa shape index (κ1) is 14.0. The van der Waals surface area contributed by atoms with E-state index in [2.05, 4.69) is 9.97 Å². The summed E-state index contributed by atoms with van der Waals surface area (Å²) in [6.07, 6.45) is 0. The fraction of sp³-hybridized carbons (Fsp3) is 0.133. The topological polar surface area (TPSA) is 47.8 Å². The van der Waals surface area contributed by atoms with Gasteiger partial charge in [-0.3, -0.25) is 4.79 Å². The van der Waals surface area contributed by atoms with Crippen molar-refractivity contribution in [3.05, 3.63) is 68.3 Å². The highest BCUT2D eigenvalue weighted by atomic mass is 35.5. The highest BCUT2D eigenvalue weighted by Crippen LogP contribution is 2.19. The second-order valence-corrected chi connectivity index (χ2v) is 5.41. The number of pyridine rings is 1. The average Bonchev–Trinajstić information content (AvgIpc) is 2.46. The molecule has 0 unspecified atom stereocenters. The van der Waals surface area contributed by atoms with Crippen LogP contribution in [0.25, 0.3) is 11.0 Å². The maximum Gasteiger partial charge on any atom is 0.272 e. The first-order chi connectivity index (χ1) is 10.1. The highest BCUT2D eigenvalue weighted by molar-refractivity contribution is 6.32. The molecule has 1 aromatic carbocycles. The lowest BCUT2D eigenvalue weighted by Gasteiger charge is -2.11. The molecule has 0 aliphatic carbocycles. The van der Waals surface area contributed by atoms with Gasteiger partial charge in [0, 0.05) is 5.56 Å². The number of benzene rings is 1. The van der Waals surface area contributed by atoms with Crippen molar-refractivity contribution in [2.45, 2.75) is 13.5 Å². The molecule has 4 nitrogen and oxygen atoms in total. The van der Waals surface area contributed by atoms with Gasteiger partial charge in [0.2, 0.25) is 0 Å². The lowest BCUT2D eigenvalue weighted by atomic mass is 10.2. The maximum absolute atomic E-state index is 12.4. The van der Waals surface area contributed by atoms with Gasteiger partial charge in [0.05, 0.1) is 17.6 Å². The summed E-state index contributed by atoms with van der Waals surface area (Å²) in [5, 5.41) is 0.625. The van der Waals surface area contributed by atoms with Crippen molar-refractivity contribution in [3.8, 4) is 0 Å². The molecule has 3 rings (SSSR count). The Labute approximate surface area is 131 Å². The average molecular weight is 320 g/mol. The summed E-state index contributed by atoms with van der Waals surface area (Å²) in [4.78, 5) is 20.7. The van der Waals surface area contributed by atoms with E-state index in [0.29, 0.717) is 22.5 Å². The van der Waals surface area contributed by atoms with Gasteiger partial charge in [0.15, 0.2) is 0 Å². The summed E-state index contributed by atoms with van der Waals surface area (Å²) < 4.78 is 1.65. The Morgan fingerprint density at radius 1 is 1.10 bits per heavy atom. The number of aryl methyl sites for hydroxylation is 1. The molecular formula is C15H11Cl2N3O. The fourth-order valence-corrected chi connectivity index (χ4v) is 2.61. The number of hydrogen-bond acceptors (Lipinski definition) is 3. The van der Waals surface area contributed by atoms with Crippen LogP contribution in [0.5, 0.6) is 0 Å². The summed E-state index contributed by atoms with van der Waals surface area (Å²) in [5.74, 6) is 0. The van der Waals surface area contributed by atoms with Gasteiger partial charge < -0.3 is 4.57 Å². The molecular weight excluding hydrogens is 309 g/mol. The van der Waals surface area contributed by atoms with Gasteiger partial charge in [0.1, 0.15) is 16.0 Å². The first-order valence-electron chi connectivity index (χ1n) is 6.33. The van der Waals surface area contributed by atoms with Crippen molar-refractivity contribution >= 4 is 34.2 Å². The predicted octanol–water partition coefficient (Wildman–Crippen LogP) is 3.46. The molecule has 0 N–H and O–H groups in total. The van der Waals surface area contributed by atoms with Crippen molar-refractivity contribution in [2.75, 3.05) is 0 Å². The van der Waals surface area contributed by atoms with E-state index in [1.807, 2.05) is 24.3 Å². The molecule has 0 spiro atoms. The summed E-state index contributed by atoms with van der Waals surface area (Å²) in [5.41, 5.74) is 2.58. The molecule has 21 heavy (non-hydrogen) atoms. The van der Waals surface area contributed by atoms with Crippen LogP contribution in [-0.2, 0) is 6.54 Å². The molecule has 0 saturated carbocycles. The Kier molecular flexibility index (Phi) is 3.66. The van der Waals surface area contributed by atoms with Crippen LogP contribution in [0.2, 0.25) is 10.3 Å². The van der Waals surface area contributed by atoms with Crippen LogP contribution >= 0.6 is 23.2 Å². The van der Waals surface area contributed by atoms with Crippen molar-refractivity contribution in [3.63, 3.8) is 0 Å². The van der Waals surface area contributed by atoms with Gasteiger partial charge in [-0.2, -0.15) is 0 Å². The van der Waals surface area contributed by atoms with Crippen molar-refractivity contribution < 1.29 is 0 Å². The number of fused-ring (bicyclic) bond motifs is 1. The molecule has 0 radical (unpaired) electrons. The molecule has 0 aliphatic rings. The van der Waals surface area contributed by atoms with Crippen LogP contribution in [0, 0.1) is 6.92 Å². The molecule has 0 aliphatic heterocycles. The van der Waals surface area contributed by atoms with Gasteiger partial charge >= 0.3 is 0 Å². The summed E-state index contributed by atoms with van der Waals surface area (Å²) in [6.45, 7) is 2.03. The number of nitrogens with zero attached hydrogens (tertiary/aromatic N) is 3. The number of hydrogen-bond donors (Lipinski definition) is 0. The van der Waals surface area contributed by atoms with Crippen LogP contribution in [-0.4, -0.2) is 14.5 Å². The van der Waals surface area contributed by atoms with Gasteiger partial charge in [0.25, 0.3) is 5.56 Å². The molecule has 0 amide bonds. The van der Waals surface area contributed by atoms with Crippen LogP contribution in [0.1, 0.15) is 11.3 Å². The van der Waals surface area contributed by atoms with E-state index in [1.54, 1.807) is 23.6 Å². The number of para-hydroxylation sites is 2. The minimum absolute atomic E-state index is 0.139. The molecule has 0 fully saturated rings. The predicted molar refractivity (Wildman–Crippen MR) is 84.1 cm³/mol. The Bertz CT molecular complexity index is 890. The van der Waals surface area contributed by atoms with Crippen LogP contribution in [0.4, 0.5) is 0 Å². The van der Waals surface area contributed by atoms with E-state index >= 15 is 0 Å². The van der Waals surface area contributed by atoms with Gasteiger partial charge in [-0.05, 0) is 25.1 Å². The fourth-order valence-electron chi connectivity index (χ4n) is 2.21. The lowest BCUT2D eigenvalue weighted by Crippen LogP contribution is -2.24. The number of rotatable bonds is 2. The molecule has 0 atom stereocenters. The Balaban J connectivity index is 2.20. The van der Waals surface area contributed by atoms with E-state index in [0.717, 1.165) is 16.6 Å². The Morgan fingerprint density at radius 2 is 1.86 bits per heavy atom. The SMILES string of the molecule is Cc1nc2ccccc2n(Cc2ccc(Cl)nc2Cl)c1=O. The first-order valence-corrected chi connectivity index (χ1v) is 7.09. The van der Waals surface area contributed by atoms with Crippen LogP contribution < -0.4 is 5.56 Å². The molecule has 106 valence electrons. The molecule has 2 aromatic heterocycles. The normalized spacial score (nSPS) is 11.0. The molecule has 2 heterocycles. The second-order valence-electron chi connectivity index (χ2n) is 4.66. The van der Waals surface area contributed by atoms with Gasteiger partial charge in [-0.25, -0.2) is 9.97 Å². The number of halogens is 2. The molecule has 0 bridgehead atoms. The molecule has 6 heteroatoms. The standard InChI is InChI=1S/C15H11Cl2N3O/c1-9-15(21)20(12-5-3-2-4-11(12)18-9)8-10-6-7-13(16)19-14(10)17/h2-7H,8H2,1H3. The zero-order valence-electron chi connectivity index (χ0n) is 11.2. The highest BCUT2D eigenvalue weighted by Gasteiger charge is 2.10. The van der Waals surface area contributed by atoms with E-state index in [1.165, 1.54) is 0 Å². The molecule has 0 saturated heterocycles. The van der Waals surface area contributed by atoms with Gasteiger partial charge in [-0.15, -0.1) is 0 Å². The summed E-state index contributed by atoms with van der Waals surface area (Å²) in [6, 6.07) is 10.9. The minimum atomic E-state index is -0.139. The van der Waals surface area contributed by atoms with E-state index in [-0.39, 0.29) is 5.56 Å². The maximum atomic E-state index is 12.4. The van der Waals surface area contributed by atoms with Crippen molar-refractivity contribution in [1.29, 1.82) is 0 Å².